The molecule has 0 aliphatic heterocycles. The molecule has 28 heavy (non-hydrogen) atoms. The number of hydrogen-bond acceptors (Lipinski definition) is 2. The molecule has 0 bridgehead atoms. The van der Waals surface area contributed by atoms with E-state index >= 15 is 0 Å². The minimum atomic E-state index is 0.122. The first kappa shape index (κ1) is 20.2. The highest BCUT2D eigenvalue weighted by Crippen LogP contribution is 2.39. The molecule has 3 aromatic carbocycles. The Bertz CT molecular complexity index is 806. The average molecular weight is 375 g/mol. The summed E-state index contributed by atoms with van der Waals surface area (Å²) in [5, 5.41) is 0. The van der Waals surface area contributed by atoms with Gasteiger partial charge in [0.25, 0.3) is 0 Å². The molecule has 2 heteroatoms. The van der Waals surface area contributed by atoms with Crippen LogP contribution in [0.1, 0.15) is 27.7 Å². The molecule has 0 amide bonds. The van der Waals surface area contributed by atoms with Crippen LogP contribution in [0.2, 0.25) is 0 Å². The minimum absolute atomic E-state index is 0.122. The van der Waals surface area contributed by atoms with Crippen molar-refractivity contribution in [2.24, 2.45) is 5.41 Å². The topological polar surface area (TPSA) is 18.5 Å². The summed E-state index contributed by atoms with van der Waals surface area (Å²) < 4.78 is 12.3. The van der Waals surface area contributed by atoms with E-state index in [9.17, 15) is 0 Å². The lowest BCUT2D eigenvalue weighted by molar-refractivity contribution is -0.0163. The van der Waals surface area contributed by atoms with Crippen LogP contribution in [0.5, 0.6) is 5.75 Å². The Morgan fingerprint density at radius 1 is 0.679 bits per heavy atom. The zero-order chi connectivity index (χ0) is 20.0. The second kappa shape index (κ2) is 9.07. The van der Waals surface area contributed by atoms with Crippen LogP contribution in [0.15, 0.2) is 78.9 Å². The van der Waals surface area contributed by atoms with E-state index in [0.29, 0.717) is 13.2 Å². The molecule has 2 nitrogen and oxygen atoms in total. The number of ether oxygens (including phenoxy) is 2. The van der Waals surface area contributed by atoms with E-state index in [0.717, 1.165) is 28.0 Å². The van der Waals surface area contributed by atoms with Crippen LogP contribution in [0.3, 0.4) is 0 Å². The Morgan fingerprint density at radius 3 is 1.64 bits per heavy atom. The molecular formula is C26H30O2. The van der Waals surface area contributed by atoms with Gasteiger partial charge in [0.15, 0.2) is 0 Å². The van der Waals surface area contributed by atoms with E-state index in [1.807, 2.05) is 12.1 Å². The van der Waals surface area contributed by atoms with Crippen LogP contribution in [0.25, 0.3) is 22.3 Å². The highest BCUT2D eigenvalue weighted by molar-refractivity contribution is 5.82. The molecule has 0 saturated carbocycles. The van der Waals surface area contributed by atoms with Crippen molar-refractivity contribution < 1.29 is 9.47 Å². The fraction of sp³-hybridized carbons (Fsp3) is 0.308. The molecular weight excluding hydrogens is 344 g/mol. The van der Waals surface area contributed by atoms with Crippen molar-refractivity contribution in [1.82, 2.24) is 0 Å². The van der Waals surface area contributed by atoms with Gasteiger partial charge in [0.1, 0.15) is 12.4 Å². The average Bonchev–Trinajstić information content (AvgIpc) is 2.71. The largest absolute Gasteiger partial charge is 0.490 e. The number of benzene rings is 3. The van der Waals surface area contributed by atoms with E-state index in [1.54, 1.807) is 0 Å². The van der Waals surface area contributed by atoms with Crippen molar-refractivity contribution in [2.75, 3.05) is 13.2 Å². The van der Waals surface area contributed by atoms with Crippen molar-refractivity contribution in [3.63, 3.8) is 0 Å². The standard InChI is InChI=1S/C26H30O2/c1-20(26(2,3)4)27-18-19-28-25-23(21-12-7-5-8-13-21)16-11-17-24(25)22-14-9-6-10-15-22/h5-17,20H,18-19H2,1-4H3. The van der Waals surface area contributed by atoms with Gasteiger partial charge < -0.3 is 9.47 Å². The molecule has 1 unspecified atom stereocenters. The summed E-state index contributed by atoms with van der Waals surface area (Å²) in [6.07, 6.45) is 0.175. The van der Waals surface area contributed by atoms with E-state index in [1.165, 1.54) is 0 Å². The van der Waals surface area contributed by atoms with Gasteiger partial charge in [-0.25, -0.2) is 0 Å². The summed E-state index contributed by atoms with van der Waals surface area (Å²) >= 11 is 0. The number of hydrogen-bond donors (Lipinski definition) is 0. The van der Waals surface area contributed by atoms with Crippen molar-refractivity contribution >= 4 is 0 Å². The minimum Gasteiger partial charge on any atom is -0.490 e. The van der Waals surface area contributed by atoms with Crippen LogP contribution < -0.4 is 4.74 Å². The number of rotatable bonds is 7. The fourth-order valence-electron chi connectivity index (χ4n) is 3.00. The second-order valence-corrected chi connectivity index (χ2v) is 8.14. The Kier molecular flexibility index (Phi) is 6.53. The van der Waals surface area contributed by atoms with Gasteiger partial charge in [-0.2, -0.15) is 0 Å². The molecule has 146 valence electrons. The maximum Gasteiger partial charge on any atom is 0.135 e. The molecule has 1 atom stereocenters. The molecule has 3 rings (SSSR count). The predicted octanol–water partition coefficient (Wildman–Crippen LogP) is 6.85. The predicted molar refractivity (Wildman–Crippen MR) is 118 cm³/mol. The molecule has 0 radical (unpaired) electrons. The summed E-state index contributed by atoms with van der Waals surface area (Å²) in [7, 11) is 0. The van der Waals surface area contributed by atoms with Crippen molar-refractivity contribution in [3.05, 3.63) is 78.9 Å². The number of para-hydroxylation sites is 1. The van der Waals surface area contributed by atoms with Gasteiger partial charge in [0.05, 0.1) is 12.7 Å². The highest BCUT2D eigenvalue weighted by atomic mass is 16.5. The second-order valence-electron chi connectivity index (χ2n) is 8.14. The Labute approximate surface area is 169 Å². The van der Waals surface area contributed by atoms with Gasteiger partial charge in [-0.3, -0.25) is 0 Å². The lowest BCUT2D eigenvalue weighted by atomic mass is 9.90. The molecule has 0 spiro atoms. The SMILES string of the molecule is CC(OCCOc1c(-c2ccccc2)cccc1-c1ccccc1)C(C)(C)C. The highest BCUT2D eigenvalue weighted by Gasteiger charge is 2.20. The molecule has 0 fully saturated rings. The molecule has 3 aromatic rings. The van der Waals surface area contributed by atoms with Crippen LogP contribution in [-0.4, -0.2) is 19.3 Å². The van der Waals surface area contributed by atoms with Crippen molar-refractivity contribution in [2.45, 2.75) is 33.8 Å². The van der Waals surface area contributed by atoms with Crippen LogP contribution in [0.4, 0.5) is 0 Å². The zero-order valence-corrected chi connectivity index (χ0v) is 17.3. The third kappa shape index (κ3) is 5.02. The quantitative estimate of drug-likeness (QED) is 0.421. The first-order chi connectivity index (χ1) is 13.5. The van der Waals surface area contributed by atoms with E-state index in [2.05, 4.69) is 94.4 Å². The Balaban J connectivity index is 1.86. The zero-order valence-electron chi connectivity index (χ0n) is 17.3. The van der Waals surface area contributed by atoms with Crippen molar-refractivity contribution in [3.8, 4) is 28.0 Å². The fourth-order valence-corrected chi connectivity index (χ4v) is 3.00. The summed E-state index contributed by atoms with van der Waals surface area (Å²) in [5.41, 5.74) is 4.63. The summed E-state index contributed by atoms with van der Waals surface area (Å²) in [6, 6.07) is 27.1. The smallest absolute Gasteiger partial charge is 0.135 e. The van der Waals surface area contributed by atoms with Crippen LogP contribution in [0, 0.1) is 5.41 Å². The van der Waals surface area contributed by atoms with Gasteiger partial charge in [0, 0.05) is 11.1 Å². The van der Waals surface area contributed by atoms with E-state index < -0.39 is 0 Å². The molecule has 0 N–H and O–H groups in total. The first-order valence-corrected chi connectivity index (χ1v) is 9.95. The maximum absolute atomic E-state index is 6.32. The molecule has 0 aliphatic carbocycles. The normalized spacial score (nSPS) is 12.6. The lowest BCUT2D eigenvalue weighted by Gasteiger charge is -2.27. The van der Waals surface area contributed by atoms with Gasteiger partial charge >= 0.3 is 0 Å². The summed E-state index contributed by atoms with van der Waals surface area (Å²) in [4.78, 5) is 0. The van der Waals surface area contributed by atoms with Crippen molar-refractivity contribution in [1.29, 1.82) is 0 Å². The first-order valence-electron chi connectivity index (χ1n) is 9.95. The lowest BCUT2D eigenvalue weighted by Crippen LogP contribution is -2.27. The van der Waals surface area contributed by atoms with E-state index in [-0.39, 0.29) is 11.5 Å². The molecule has 0 saturated heterocycles. The monoisotopic (exact) mass is 374 g/mol. The molecule has 0 aliphatic rings. The van der Waals surface area contributed by atoms with Gasteiger partial charge in [-0.1, -0.05) is 99.6 Å². The molecule has 0 heterocycles. The van der Waals surface area contributed by atoms with Gasteiger partial charge in [-0.15, -0.1) is 0 Å². The molecule has 0 aromatic heterocycles. The maximum atomic E-state index is 6.32. The van der Waals surface area contributed by atoms with E-state index in [4.69, 9.17) is 9.47 Å². The Hall–Kier alpha value is -2.58. The Morgan fingerprint density at radius 2 is 1.18 bits per heavy atom. The van der Waals surface area contributed by atoms with Crippen LogP contribution in [-0.2, 0) is 4.74 Å². The summed E-state index contributed by atoms with van der Waals surface area (Å²) in [6.45, 7) is 9.78. The third-order valence-corrected chi connectivity index (χ3v) is 5.10. The van der Waals surface area contributed by atoms with Crippen LogP contribution >= 0.6 is 0 Å². The van der Waals surface area contributed by atoms with Gasteiger partial charge in [0.2, 0.25) is 0 Å². The summed E-state index contributed by atoms with van der Waals surface area (Å²) in [5.74, 6) is 0.909. The van der Waals surface area contributed by atoms with Gasteiger partial charge in [-0.05, 0) is 23.5 Å². The third-order valence-electron chi connectivity index (χ3n) is 5.10.